The summed E-state index contributed by atoms with van der Waals surface area (Å²) in [6.07, 6.45) is 0.653. The molecule has 1 atom stereocenters. The molecule has 2 rings (SSSR count). The van der Waals surface area contributed by atoms with Crippen molar-refractivity contribution in [1.29, 1.82) is 0 Å². The number of rotatable bonds is 5. The zero-order valence-corrected chi connectivity index (χ0v) is 13.3. The fraction of sp³-hybridized carbons (Fsp3) is 0.538. The smallest absolute Gasteiger partial charge is 0.271 e. The predicted octanol–water partition coefficient (Wildman–Crippen LogP) is 0.963. The van der Waals surface area contributed by atoms with Gasteiger partial charge in [-0.15, -0.1) is 0 Å². The van der Waals surface area contributed by atoms with Crippen LogP contribution in [0.4, 0.5) is 5.69 Å². The second kappa shape index (κ2) is 5.82. The summed E-state index contributed by atoms with van der Waals surface area (Å²) in [5.41, 5.74) is 5.13. The second-order valence-electron chi connectivity index (χ2n) is 5.70. The molecule has 0 amide bonds. The Morgan fingerprint density at radius 1 is 1.50 bits per heavy atom. The molecule has 22 heavy (non-hydrogen) atoms. The van der Waals surface area contributed by atoms with E-state index in [1.165, 1.54) is 23.5 Å². The van der Waals surface area contributed by atoms with Gasteiger partial charge in [0.25, 0.3) is 5.69 Å². The van der Waals surface area contributed by atoms with E-state index in [1.54, 1.807) is 0 Å². The zero-order valence-electron chi connectivity index (χ0n) is 12.5. The van der Waals surface area contributed by atoms with Gasteiger partial charge in [0.1, 0.15) is 10.6 Å². The summed E-state index contributed by atoms with van der Waals surface area (Å²) in [6, 6.07) is 3.54. The van der Waals surface area contributed by atoms with Crippen molar-refractivity contribution >= 4 is 15.7 Å². The van der Waals surface area contributed by atoms with Crippen molar-refractivity contribution in [3.8, 4) is 5.75 Å². The van der Waals surface area contributed by atoms with Gasteiger partial charge >= 0.3 is 0 Å². The van der Waals surface area contributed by atoms with Gasteiger partial charge in [0.15, 0.2) is 0 Å². The Bertz CT molecular complexity index is 691. The summed E-state index contributed by atoms with van der Waals surface area (Å²) >= 11 is 0. The van der Waals surface area contributed by atoms with E-state index in [2.05, 4.69) is 0 Å². The lowest BCUT2D eigenvalue weighted by Gasteiger charge is -2.22. The number of ether oxygens (including phenoxy) is 1. The van der Waals surface area contributed by atoms with E-state index in [9.17, 15) is 18.5 Å². The largest absolute Gasteiger partial charge is 0.495 e. The highest BCUT2D eigenvalue weighted by molar-refractivity contribution is 7.89. The molecule has 0 spiro atoms. The van der Waals surface area contributed by atoms with E-state index < -0.39 is 14.9 Å². The number of nitrogens with zero attached hydrogens (tertiary/aromatic N) is 2. The Balaban J connectivity index is 2.45. The molecule has 2 N–H and O–H groups in total. The van der Waals surface area contributed by atoms with Crippen LogP contribution < -0.4 is 10.5 Å². The Labute approximate surface area is 129 Å². The topological polar surface area (TPSA) is 116 Å². The maximum atomic E-state index is 12.8. The number of hydrogen-bond donors (Lipinski definition) is 1. The van der Waals surface area contributed by atoms with Crippen LogP contribution in [0.3, 0.4) is 0 Å². The molecule has 9 heteroatoms. The number of sulfonamides is 1. The molecule has 0 saturated carbocycles. The highest BCUT2D eigenvalue weighted by atomic mass is 32.2. The van der Waals surface area contributed by atoms with Crippen molar-refractivity contribution in [3.63, 3.8) is 0 Å². The molecule has 0 aliphatic carbocycles. The lowest BCUT2D eigenvalue weighted by Crippen LogP contribution is -2.34. The molecule has 0 aromatic heterocycles. The molecule has 0 radical (unpaired) electrons. The van der Waals surface area contributed by atoms with Crippen LogP contribution in [-0.2, 0) is 10.0 Å². The third-order valence-electron chi connectivity index (χ3n) is 3.99. The molecular weight excluding hydrogens is 310 g/mol. The number of nitro groups is 1. The summed E-state index contributed by atoms with van der Waals surface area (Å²) in [5, 5.41) is 10.9. The third kappa shape index (κ3) is 2.92. The maximum Gasteiger partial charge on any atom is 0.271 e. The van der Waals surface area contributed by atoms with E-state index in [0.29, 0.717) is 19.5 Å². The van der Waals surface area contributed by atoms with Gasteiger partial charge in [-0.2, -0.15) is 4.31 Å². The molecule has 1 aromatic rings. The van der Waals surface area contributed by atoms with Crippen LogP contribution in [0.5, 0.6) is 5.75 Å². The van der Waals surface area contributed by atoms with Crippen LogP contribution in [0.2, 0.25) is 0 Å². The van der Waals surface area contributed by atoms with Crippen molar-refractivity contribution in [3.05, 3.63) is 28.3 Å². The van der Waals surface area contributed by atoms with Crippen molar-refractivity contribution in [2.75, 3.05) is 26.7 Å². The lowest BCUT2D eigenvalue weighted by atomic mass is 9.90. The standard InChI is InChI=1S/C13H19N3O5S/c1-13(8-14)5-6-15(9-13)22(19,20)12-7-10(16(17)18)3-4-11(12)21-2/h3-4,7H,5-6,8-9,14H2,1-2H3. The van der Waals surface area contributed by atoms with Crippen LogP contribution in [0, 0.1) is 15.5 Å². The quantitative estimate of drug-likeness (QED) is 0.635. The minimum Gasteiger partial charge on any atom is -0.495 e. The number of nitrogens with two attached hydrogens (primary N) is 1. The summed E-state index contributed by atoms with van der Waals surface area (Å²) in [4.78, 5) is 10.1. The van der Waals surface area contributed by atoms with E-state index in [4.69, 9.17) is 10.5 Å². The van der Waals surface area contributed by atoms with Gasteiger partial charge in [0, 0.05) is 25.2 Å². The average Bonchev–Trinajstić information content (AvgIpc) is 2.90. The first-order chi connectivity index (χ1) is 10.2. The highest BCUT2D eigenvalue weighted by Crippen LogP contribution is 2.36. The number of nitro benzene ring substituents is 1. The van der Waals surface area contributed by atoms with Gasteiger partial charge in [-0.05, 0) is 24.4 Å². The molecule has 1 aromatic carbocycles. The second-order valence-corrected chi connectivity index (χ2v) is 7.60. The van der Waals surface area contributed by atoms with Gasteiger partial charge in [-0.3, -0.25) is 10.1 Å². The van der Waals surface area contributed by atoms with Crippen molar-refractivity contribution < 1.29 is 18.1 Å². The first-order valence-electron chi connectivity index (χ1n) is 6.76. The van der Waals surface area contributed by atoms with Crippen molar-refractivity contribution in [1.82, 2.24) is 4.31 Å². The number of methoxy groups -OCH3 is 1. The van der Waals surface area contributed by atoms with Gasteiger partial charge in [0.2, 0.25) is 10.0 Å². The Kier molecular flexibility index (Phi) is 4.41. The summed E-state index contributed by atoms with van der Waals surface area (Å²) in [6.45, 7) is 2.93. The zero-order chi connectivity index (χ0) is 16.5. The summed E-state index contributed by atoms with van der Waals surface area (Å²) in [5.74, 6) is 0.0898. The fourth-order valence-electron chi connectivity index (χ4n) is 2.47. The van der Waals surface area contributed by atoms with E-state index in [-0.39, 0.29) is 28.3 Å². The normalized spacial score (nSPS) is 22.7. The SMILES string of the molecule is COc1ccc([N+](=O)[O-])cc1S(=O)(=O)N1CCC(C)(CN)C1. The molecule has 1 aliphatic heterocycles. The minimum absolute atomic E-state index is 0.0898. The Hall–Kier alpha value is -1.71. The molecule has 1 unspecified atom stereocenters. The van der Waals surface area contributed by atoms with Crippen LogP contribution >= 0.6 is 0 Å². The number of non-ortho nitro benzene ring substituents is 1. The monoisotopic (exact) mass is 329 g/mol. The van der Waals surface area contributed by atoms with Gasteiger partial charge in [-0.25, -0.2) is 8.42 Å². The van der Waals surface area contributed by atoms with Crippen LogP contribution in [0.15, 0.2) is 23.1 Å². The maximum absolute atomic E-state index is 12.8. The fourth-order valence-corrected chi connectivity index (χ4v) is 4.24. The molecule has 1 aliphatic rings. The molecule has 122 valence electrons. The molecule has 1 saturated heterocycles. The average molecular weight is 329 g/mol. The minimum atomic E-state index is -3.87. The summed E-state index contributed by atoms with van der Waals surface area (Å²) < 4.78 is 31.9. The molecule has 0 bridgehead atoms. The van der Waals surface area contributed by atoms with Gasteiger partial charge < -0.3 is 10.5 Å². The molecular formula is C13H19N3O5S. The van der Waals surface area contributed by atoms with E-state index in [0.717, 1.165) is 6.07 Å². The summed E-state index contributed by atoms with van der Waals surface area (Å²) in [7, 11) is -2.54. The van der Waals surface area contributed by atoms with Crippen LogP contribution in [-0.4, -0.2) is 44.4 Å². The lowest BCUT2D eigenvalue weighted by molar-refractivity contribution is -0.385. The first kappa shape index (κ1) is 16.7. The first-order valence-corrected chi connectivity index (χ1v) is 8.20. The van der Waals surface area contributed by atoms with Crippen molar-refractivity contribution in [2.45, 2.75) is 18.2 Å². The molecule has 8 nitrogen and oxygen atoms in total. The molecule has 1 heterocycles. The van der Waals surface area contributed by atoms with Crippen molar-refractivity contribution in [2.24, 2.45) is 11.1 Å². The van der Waals surface area contributed by atoms with Crippen LogP contribution in [0.25, 0.3) is 0 Å². The molecule has 1 fully saturated rings. The Morgan fingerprint density at radius 2 is 2.18 bits per heavy atom. The van der Waals surface area contributed by atoms with E-state index >= 15 is 0 Å². The number of benzene rings is 1. The van der Waals surface area contributed by atoms with Crippen LogP contribution in [0.1, 0.15) is 13.3 Å². The van der Waals surface area contributed by atoms with E-state index in [1.807, 2.05) is 6.92 Å². The Morgan fingerprint density at radius 3 is 2.68 bits per heavy atom. The van der Waals surface area contributed by atoms with Gasteiger partial charge in [0.05, 0.1) is 12.0 Å². The number of hydrogen-bond acceptors (Lipinski definition) is 6. The van der Waals surface area contributed by atoms with Gasteiger partial charge in [-0.1, -0.05) is 6.92 Å². The third-order valence-corrected chi connectivity index (χ3v) is 5.86. The highest BCUT2D eigenvalue weighted by Gasteiger charge is 2.40. The predicted molar refractivity (Wildman–Crippen MR) is 80.2 cm³/mol.